The summed E-state index contributed by atoms with van der Waals surface area (Å²) in [5.74, 6) is 1.76. The molecular formula is C18H38N4O. The second kappa shape index (κ2) is 10.1. The molecule has 2 N–H and O–H groups in total. The van der Waals surface area contributed by atoms with Crippen molar-refractivity contribution in [1.82, 2.24) is 15.5 Å². The molecule has 0 radical (unpaired) electrons. The predicted molar refractivity (Wildman–Crippen MR) is 99.1 cm³/mol. The molecule has 0 aromatic heterocycles. The molecule has 1 fully saturated rings. The average Bonchev–Trinajstić information content (AvgIpc) is 2.48. The fraction of sp³-hybridized carbons (Fsp3) is 0.944. The lowest BCUT2D eigenvalue weighted by molar-refractivity contribution is 0.0241. The Hall–Kier alpha value is -0.810. The minimum atomic E-state index is 0.101. The average molecular weight is 327 g/mol. The van der Waals surface area contributed by atoms with Crippen molar-refractivity contribution in [3.63, 3.8) is 0 Å². The second-order valence-corrected chi connectivity index (χ2v) is 7.77. The van der Waals surface area contributed by atoms with Crippen molar-refractivity contribution < 1.29 is 4.74 Å². The highest BCUT2D eigenvalue weighted by atomic mass is 16.5. The van der Waals surface area contributed by atoms with Crippen molar-refractivity contribution >= 4 is 5.96 Å². The standard InChI is InChI=1S/C18H38N4O/c1-7-19-17(21-14-16(23-6)18(2,3)4)20-11-8-15-9-12-22(5)13-10-15/h15-16H,7-14H2,1-6H3,(H2,19,20,21). The van der Waals surface area contributed by atoms with Gasteiger partial charge in [-0.2, -0.15) is 0 Å². The molecule has 1 unspecified atom stereocenters. The first-order valence-electron chi connectivity index (χ1n) is 9.10. The van der Waals surface area contributed by atoms with Crippen LogP contribution in [-0.2, 0) is 4.74 Å². The Morgan fingerprint density at radius 2 is 1.91 bits per heavy atom. The van der Waals surface area contributed by atoms with E-state index in [1.807, 2.05) is 0 Å². The van der Waals surface area contributed by atoms with E-state index in [-0.39, 0.29) is 11.5 Å². The van der Waals surface area contributed by atoms with Crippen LogP contribution in [0.1, 0.15) is 47.0 Å². The van der Waals surface area contributed by atoms with Crippen molar-refractivity contribution in [2.45, 2.75) is 53.1 Å². The molecule has 5 heteroatoms. The van der Waals surface area contributed by atoms with Crippen molar-refractivity contribution in [3.8, 4) is 0 Å². The van der Waals surface area contributed by atoms with Crippen LogP contribution in [0, 0.1) is 11.3 Å². The van der Waals surface area contributed by atoms with Gasteiger partial charge in [0.1, 0.15) is 0 Å². The third kappa shape index (κ3) is 8.02. The summed E-state index contributed by atoms with van der Waals surface area (Å²) < 4.78 is 5.59. The number of rotatable bonds is 7. The van der Waals surface area contributed by atoms with E-state index in [0.29, 0.717) is 6.54 Å². The Bertz CT molecular complexity index is 343. The van der Waals surface area contributed by atoms with Crippen LogP contribution in [-0.4, -0.2) is 63.8 Å². The highest BCUT2D eigenvalue weighted by Gasteiger charge is 2.24. The van der Waals surface area contributed by atoms with Crippen LogP contribution >= 0.6 is 0 Å². The van der Waals surface area contributed by atoms with Crippen LogP contribution < -0.4 is 10.6 Å². The minimum Gasteiger partial charge on any atom is -0.379 e. The molecule has 0 saturated carbocycles. The van der Waals surface area contributed by atoms with E-state index in [1.54, 1.807) is 7.11 Å². The molecule has 5 nitrogen and oxygen atoms in total. The van der Waals surface area contributed by atoms with Gasteiger partial charge in [-0.1, -0.05) is 20.8 Å². The molecule has 0 spiro atoms. The maximum atomic E-state index is 5.59. The van der Waals surface area contributed by atoms with Gasteiger partial charge in [-0.05, 0) is 57.7 Å². The summed E-state index contributed by atoms with van der Waals surface area (Å²) >= 11 is 0. The number of nitrogens with one attached hydrogen (secondary N) is 2. The maximum absolute atomic E-state index is 5.59. The smallest absolute Gasteiger partial charge is 0.191 e. The summed E-state index contributed by atoms with van der Waals surface area (Å²) in [7, 11) is 3.98. The van der Waals surface area contributed by atoms with Crippen LogP contribution in [0.2, 0.25) is 0 Å². The van der Waals surface area contributed by atoms with Gasteiger partial charge in [-0.25, -0.2) is 0 Å². The van der Waals surface area contributed by atoms with Gasteiger partial charge in [0.2, 0.25) is 0 Å². The van der Waals surface area contributed by atoms with Gasteiger partial charge in [0.05, 0.1) is 12.6 Å². The number of aliphatic imine (C=N–C) groups is 1. The van der Waals surface area contributed by atoms with Gasteiger partial charge < -0.3 is 20.3 Å². The van der Waals surface area contributed by atoms with E-state index in [4.69, 9.17) is 9.73 Å². The highest BCUT2D eigenvalue weighted by molar-refractivity contribution is 5.79. The molecular weight excluding hydrogens is 288 g/mol. The summed E-state index contributed by atoms with van der Waals surface area (Å²) in [4.78, 5) is 7.13. The fourth-order valence-corrected chi connectivity index (χ4v) is 2.96. The predicted octanol–water partition coefficient (Wildman–Crippen LogP) is 2.33. The van der Waals surface area contributed by atoms with Gasteiger partial charge in [0.25, 0.3) is 0 Å². The lowest BCUT2D eigenvalue weighted by atomic mass is 9.89. The third-order valence-electron chi connectivity index (χ3n) is 4.69. The van der Waals surface area contributed by atoms with E-state index >= 15 is 0 Å². The van der Waals surface area contributed by atoms with Crippen LogP contribution in [0.3, 0.4) is 0 Å². The zero-order valence-corrected chi connectivity index (χ0v) is 16.1. The largest absolute Gasteiger partial charge is 0.379 e. The third-order valence-corrected chi connectivity index (χ3v) is 4.69. The monoisotopic (exact) mass is 326 g/mol. The molecule has 1 atom stereocenters. The second-order valence-electron chi connectivity index (χ2n) is 7.77. The van der Waals surface area contributed by atoms with Crippen LogP contribution in [0.4, 0.5) is 0 Å². The number of methoxy groups -OCH3 is 1. The normalized spacial score (nSPS) is 19.7. The maximum Gasteiger partial charge on any atom is 0.191 e. The van der Waals surface area contributed by atoms with E-state index in [2.05, 4.69) is 50.3 Å². The van der Waals surface area contributed by atoms with Gasteiger partial charge in [-0.15, -0.1) is 0 Å². The molecule has 0 aromatic rings. The quantitative estimate of drug-likeness (QED) is 0.557. The summed E-state index contributed by atoms with van der Waals surface area (Å²) in [5, 5.41) is 6.81. The molecule has 0 bridgehead atoms. The number of piperidine rings is 1. The van der Waals surface area contributed by atoms with Crippen molar-refractivity contribution in [3.05, 3.63) is 0 Å². The number of hydrogen-bond acceptors (Lipinski definition) is 3. The Kier molecular flexibility index (Phi) is 8.92. The lowest BCUT2D eigenvalue weighted by Gasteiger charge is -2.29. The van der Waals surface area contributed by atoms with E-state index < -0.39 is 0 Å². The van der Waals surface area contributed by atoms with Gasteiger partial charge >= 0.3 is 0 Å². The molecule has 0 amide bonds. The first kappa shape index (κ1) is 20.2. The first-order valence-corrected chi connectivity index (χ1v) is 9.10. The SMILES string of the molecule is CCNC(=NCC(OC)C(C)(C)C)NCCC1CCN(C)CC1. The number of likely N-dealkylation sites (tertiary alicyclic amines) is 1. The number of hydrogen-bond donors (Lipinski definition) is 2. The zero-order valence-electron chi connectivity index (χ0n) is 16.1. The molecule has 136 valence electrons. The highest BCUT2D eigenvalue weighted by Crippen LogP contribution is 2.22. The summed E-state index contributed by atoms with van der Waals surface area (Å²) in [6, 6.07) is 0. The Labute approximate surface area is 143 Å². The molecule has 23 heavy (non-hydrogen) atoms. The van der Waals surface area contributed by atoms with Gasteiger partial charge in [-0.3, -0.25) is 4.99 Å². The van der Waals surface area contributed by atoms with Crippen LogP contribution in [0.5, 0.6) is 0 Å². The van der Waals surface area contributed by atoms with Crippen molar-refractivity contribution in [1.29, 1.82) is 0 Å². The van der Waals surface area contributed by atoms with Crippen LogP contribution in [0.15, 0.2) is 4.99 Å². The molecule has 1 aliphatic rings. The molecule has 1 rings (SSSR count). The lowest BCUT2D eigenvalue weighted by Crippen LogP contribution is -2.40. The molecule has 1 heterocycles. The van der Waals surface area contributed by atoms with Gasteiger partial charge in [0.15, 0.2) is 5.96 Å². The van der Waals surface area contributed by atoms with E-state index in [0.717, 1.165) is 25.0 Å². The number of ether oxygens (including phenoxy) is 1. The van der Waals surface area contributed by atoms with E-state index in [1.165, 1.54) is 32.4 Å². The topological polar surface area (TPSA) is 48.9 Å². The summed E-state index contributed by atoms with van der Waals surface area (Å²) in [6.45, 7) is 13.7. The molecule has 0 aromatic carbocycles. The molecule has 0 aliphatic carbocycles. The Morgan fingerprint density at radius 1 is 1.26 bits per heavy atom. The number of guanidine groups is 1. The Morgan fingerprint density at radius 3 is 2.43 bits per heavy atom. The van der Waals surface area contributed by atoms with Crippen LogP contribution in [0.25, 0.3) is 0 Å². The van der Waals surface area contributed by atoms with Crippen molar-refractivity contribution in [2.75, 3.05) is 46.9 Å². The molecule has 1 aliphatic heterocycles. The summed E-state index contributed by atoms with van der Waals surface area (Å²) in [6.07, 6.45) is 4.00. The van der Waals surface area contributed by atoms with Gasteiger partial charge in [0, 0.05) is 20.2 Å². The minimum absolute atomic E-state index is 0.101. The zero-order chi connectivity index (χ0) is 17.3. The Balaban J connectivity index is 2.40. The fourth-order valence-electron chi connectivity index (χ4n) is 2.96. The number of nitrogens with zero attached hydrogens (tertiary/aromatic N) is 2. The molecule has 1 saturated heterocycles. The first-order chi connectivity index (χ1) is 10.9. The van der Waals surface area contributed by atoms with Crippen molar-refractivity contribution in [2.24, 2.45) is 16.3 Å². The van der Waals surface area contributed by atoms with E-state index in [9.17, 15) is 0 Å². The summed E-state index contributed by atoms with van der Waals surface area (Å²) in [5.41, 5.74) is 0.101.